The lowest BCUT2D eigenvalue weighted by Gasteiger charge is -2.38. The second kappa shape index (κ2) is 11.8. The molecular formula is C25H33ClN4O3. The molecule has 0 aliphatic carbocycles. The van der Waals surface area contributed by atoms with E-state index in [1.165, 1.54) is 0 Å². The van der Waals surface area contributed by atoms with E-state index < -0.39 is 0 Å². The van der Waals surface area contributed by atoms with Crippen molar-refractivity contribution >= 4 is 40.5 Å². The number of amides is 2. The molecule has 7 nitrogen and oxygen atoms in total. The number of carbonyl (C=O) groups is 2. The molecule has 3 rings (SSSR count). The summed E-state index contributed by atoms with van der Waals surface area (Å²) >= 11 is 5.69. The molecule has 178 valence electrons. The number of hydrogen-bond acceptors (Lipinski definition) is 5. The van der Waals surface area contributed by atoms with E-state index in [0.717, 1.165) is 43.3 Å². The molecule has 0 spiro atoms. The number of rotatable bonds is 9. The first kappa shape index (κ1) is 24.7. The molecule has 0 aromatic heterocycles. The summed E-state index contributed by atoms with van der Waals surface area (Å²) in [5.41, 5.74) is 3.11. The SMILES string of the molecule is COc1ccccc1N1CCN(c2ccc(NC(=O)CCCCl)cc2C(=O)NC(C)C)CC1. The van der Waals surface area contributed by atoms with E-state index >= 15 is 0 Å². The highest BCUT2D eigenvalue weighted by atomic mass is 35.5. The van der Waals surface area contributed by atoms with Crippen molar-refractivity contribution in [1.29, 1.82) is 0 Å². The van der Waals surface area contributed by atoms with Crippen LogP contribution in [0.2, 0.25) is 0 Å². The van der Waals surface area contributed by atoms with Crippen LogP contribution in [0.15, 0.2) is 42.5 Å². The van der Waals surface area contributed by atoms with E-state index in [1.54, 1.807) is 13.2 Å². The zero-order valence-corrected chi connectivity index (χ0v) is 20.3. The molecule has 2 amide bonds. The van der Waals surface area contributed by atoms with Gasteiger partial charge in [0.05, 0.1) is 18.4 Å². The van der Waals surface area contributed by atoms with Gasteiger partial charge in [-0.1, -0.05) is 12.1 Å². The van der Waals surface area contributed by atoms with Crippen LogP contribution < -0.4 is 25.2 Å². The minimum Gasteiger partial charge on any atom is -0.495 e. The lowest BCUT2D eigenvalue weighted by Crippen LogP contribution is -2.47. The molecule has 1 aliphatic rings. The van der Waals surface area contributed by atoms with Gasteiger partial charge < -0.3 is 25.2 Å². The minimum absolute atomic E-state index is 0.00899. The van der Waals surface area contributed by atoms with Crippen LogP contribution in [0.5, 0.6) is 5.75 Å². The maximum absolute atomic E-state index is 13.0. The fourth-order valence-electron chi connectivity index (χ4n) is 3.94. The monoisotopic (exact) mass is 472 g/mol. The average Bonchev–Trinajstić information content (AvgIpc) is 2.82. The Balaban J connectivity index is 1.78. The number of para-hydroxylation sites is 2. The van der Waals surface area contributed by atoms with Crippen molar-refractivity contribution in [3.05, 3.63) is 48.0 Å². The summed E-state index contributed by atoms with van der Waals surface area (Å²) in [6.45, 7) is 7.01. The zero-order valence-electron chi connectivity index (χ0n) is 19.6. The first-order valence-electron chi connectivity index (χ1n) is 11.4. The Labute approximate surface area is 201 Å². The zero-order chi connectivity index (χ0) is 23.8. The van der Waals surface area contributed by atoms with Gasteiger partial charge in [-0.15, -0.1) is 11.6 Å². The van der Waals surface area contributed by atoms with Gasteiger partial charge in [0, 0.05) is 55.9 Å². The summed E-state index contributed by atoms with van der Waals surface area (Å²) in [4.78, 5) is 29.7. The fourth-order valence-corrected chi connectivity index (χ4v) is 4.08. The number of nitrogens with zero attached hydrogens (tertiary/aromatic N) is 2. The van der Waals surface area contributed by atoms with E-state index in [0.29, 0.717) is 30.0 Å². The third kappa shape index (κ3) is 6.54. The summed E-state index contributed by atoms with van der Waals surface area (Å²) in [7, 11) is 1.69. The molecule has 1 saturated heterocycles. The molecular weight excluding hydrogens is 440 g/mol. The van der Waals surface area contributed by atoms with E-state index in [4.69, 9.17) is 16.3 Å². The predicted octanol–water partition coefficient (Wildman–Crippen LogP) is 4.12. The molecule has 0 saturated carbocycles. The van der Waals surface area contributed by atoms with Crippen molar-refractivity contribution in [2.75, 3.05) is 54.3 Å². The highest BCUT2D eigenvalue weighted by Crippen LogP contribution is 2.31. The molecule has 2 aromatic rings. The highest BCUT2D eigenvalue weighted by Gasteiger charge is 2.24. The van der Waals surface area contributed by atoms with Crippen LogP contribution in [-0.4, -0.2) is 57.0 Å². The van der Waals surface area contributed by atoms with Crippen molar-refractivity contribution < 1.29 is 14.3 Å². The number of halogens is 1. The van der Waals surface area contributed by atoms with Crippen molar-refractivity contribution in [1.82, 2.24) is 5.32 Å². The Hall–Kier alpha value is -2.93. The molecule has 0 unspecified atom stereocenters. The van der Waals surface area contributed by atoms with Gasteiger partial charge in [-0.3, -0.25) is 9.59 Å². The van der Waals surface area contributed by atoms with Crippen molar-refractivity contribution in [3.8, 4) is 5.75 Å². The molecule has 1 aliphatic heterocycles. The molecule has 0 bridgehead atoms. The van der Waals surface area contributed by atoms with Crippen LogP contribution in [0.1, 0.15) is 37.0 Å². The molecule has 0 atom stereocenters. The minimum atomic E-state index is -0.149. The van der Waals surface area contributed by atoms with Gasteiger partial charge in [0.25, 0.3) is 5.91 Å². The maximum atomic E-state index is 13.0. The van der Waals surface area contributed by atoms with Gasteiger partial charge in [-0.25, -0.2) is 0 Å². The molecule has 2 aromatic carbocycles. The second-order valence-corrected chi connectivity index (χ2v) is 8.72. The first-order chi connectivity index (χ1) is 15.9. The number of methoxy groups -OCH3 is 1. The standard InChI is InChI=1S/C25H33ClN4O3/c1-18(2)27-25(32)20-17-19(28-24(31)9-6-12-26)10-11-21(20)29-13-15-30(16-14-29)22-7-4-5-8-23(22)33-3/h4-5,7-8,10-11,17-18H,6,9,12-16H2,1-3H3,(H,27,32)(H,28,31). The highest BCUT2D eigenvalue weighted by molar-refractivity contribution is 6.18. The van der Waals surface area contributed by atoms with E-state index in [9.17, 15) is 9.59 Å². The van der Waals surface area contributed by atoms with E-state index in [-0.39, 0.29) is 17.9 Å². The lowest BCUT2D eigenvalue weighted by molar-refractivity contribution is -0.116. The Morgan fingerprint density at radius 2 is 1.70 bits per heavy atom. The molecule has 8 heteroatoms. The molecule has 1 fully saturated rings. The normalized spacial score (nSPS) is 13.7. The number of anilines is 3. The largest absolute Gasteiger partial charge is 0.495 e. The summed E-state index contributed by atoms with van der Waals surface area (Å²) in [5.74, 6) is 1.04. The van der Waals surface area contributed by atoms with Gasteiger partial charge >= 0.3 is 0 Å². The van der Waals surface area contributed by atoms with Gasteiger partial charge in [-0.2, -0.15) is 0 Å². The van der Waals surface area contributed by atoms with E-state index in [2.05, 4.69) is 26.5 Å². The number of carbonyl (C=O) groups excluding carboxylic acids is 2. The lowest BCUT2D eigenvalue weighted by atomic mass is 10.1. The predicted molar refractivity (Wildman–Crippen MR) is 135 cm³/mol. The molecule has 0 radical (unpaired) electrons. The second-order valence-electron chi connectivity index (χ2n) is 8.35. The van der Waals surface area contributed by atoms with Crippen LogP contribution in [0.3, 0.4) is 0 Å². The summed E-state index contributed by atoms with van der Waals surface area (Å²) in [6, 6.07) is 13.6. The number of piperazine rings is 1. The summed E-state index contributed by atoms with van der Waals surface area (Å²) in [5, 5.41) is 5.86. The number of alkyl halides is 1. The summed E-state index contributed by atoms with van der Waals surface area (Å²) in [6.07, 6.45) is 0.965. The third-order valence-corrected chi connectivity index (χ3v) is 5.80. The van der Waals surface area contributed by atoms with Crippen LogP contribution in [-0.2, 0) is 4.79 Å². The van der Waals surface area contributed by atoms with Crippen LogP contribution in [0, 0.1) is 0 Å². The van der Waals surface area contributed by atoms with E-state index in [1.807, 2.05) is 44.2 Å². The topological polar surface area (TPSA) is 73.9 Å². The summed E-state index contributed by atoms with van der Waals surface area (Å²) < 4.78 is 5.52. The Morgan fingerprint density at radius 1 is 1.03 bits per heavy atom. The van der Waals surface area contributed by atoms with Crippen molar-refractivity contribution in [3.63, 3.8) is 0 Å². The molecule has 1 heterocycles. The number of nitrogens with one attached hydrogen (secondary N) is 2. The Bertz CT molecular complexity index is 958. The Morgan fingerprint density at radius 3 is 2.33 bits per heavy atom. The molecule has 33 heavy (non-hydrogen) atoms. The van der Waals surface area contributed by atoms with Crippen molar-refractivity contribution in [2.24, 2.45) is 0 Å². The van der Waals surface area contributed by atoms with Gasteiger partial charge in [0.2, 0.25) is 5.91 Å². The fraction of sp³-hybridized carbons (Fsp3) is 0.440. The molecule has 2 N–H and O–H groups in total. The van der Waals surface area contributed by atoms with Gasteiger partial charge in [0.15, 0.2) is 0 Å². The van der Waals surface area contributed by atoms with Crippen LogP contribution in [0.25, 0.3) is 0 Å². The smallest absolute Gasteiger partial charge is 0.253 e. The quantitative estimate of drug-likeness (QED) is 0.537. The number of hydrogen-bond donors (Lipinski definition) is 2. The number of ether oxygens (including phenoxy) is 1. The van der Waals surface area contributed by atoms with Crippen molar-refractivity contribution in [2.45, 2.75) is 32.7 Å². The Kier molecular flexibility index (Phi) is 8.83. The van der Waals surface area contributed by atoms with Gasteiger partial charge in [-0.05, 0) is 50.6 Å². The first-order valence-corrected chi connectivity index (χ1v) is 11.9. The third-order valence-electron chi connectivity index (χ3n) is 5.53. The maximum Gasteiger partial charge on any atom is 0.253 e. The van der Waals surface area contributed by atoms with Crippen LogP contribution >= 0.6 is 11.6 Å². The van der Waals surface area contributed by atoms with Crippen LogP contribution in [0.4, 0.5) is 17.1 Å². The van der Waals surface area contributed by atoms with Gasteiger partial charge in [0.1, 0.15) is 5.75 Å². The average molecular weight is 473 g/mol. The number of benzene rings is 2.